The third-order valence-corrected chi connectivity index (χ3v) is 3.98. The van der Waals surface area contributed by atoms with Crippen molar-refractivity contribution in [1.29, 1.82) is 0 Å². The number of amides is 2. The summed E-state index contributed by atoms with van der Waals surface area (Å²) in [6.07, 6.45) is 1.76. The first-order valence-electron chi connectivity index (χ1n) is 7.66. The van der Waals surface area contributed by atoms with Gasteiger partial charge in [-0.3, -0.25) is 9.59 Å². The number of rotatable bonds is 5. The fourth-order valence-electron chi connectivity index (χ4n) is 2.59. The van der Waals surface area contributed by atoms with Crippen LogP contribution in [-0.2, 0) is 9.59 Å². The molecule has 0 saturated carbocycles. The normalized spacial score (nSPS) is 19.5. The van der Waals surface area contributed by atoms with Gasteiger partial charge in [0.05, 0.1) is 24.3 Å². The molecule has 0 spiro atoms. The Morgan fingerprint density at radius 1 is 1.55 bits per heavy atom. The molecule has 0 radical (unpaired) electrons. The monoisotopic (exact) mass is 308 g/mol. The number of aryl methyl sites for hydroxylation is 1. The minimum absolute atomic E-state index is 0.0341. The maximum absolute atomic E-state index is 12.3. The van der Waals surface area contributed by atoms with Crippen LogP contribution in [0.3, 0.4) is 0 Å². The molecule has 2 atom stereocenters. The van der Waals surface area contributed by atoms with Gasteiger partial charge in [-0.25, -0.2) is 0 Å². The van der Waals surface area contributed by atoms with Gasteiger partial charge < -0.3 is 20.5 Å². The predicted octanol–water partition coefficient (Wildman–Crippen LogP) is 0.746. The number of hydrogen-bond acceptors (Lipinski definition) is 5. The van der Waals surface area contributed by atoms with E-state index in [2.05, 4.69) is 10.5 Å². The first-order chi connectivity index (χ1) is 10.4. The molecule has 122 valence electrons. The van der Waals surface area contributed by atoms with E-state index in [1.807, 2.05) is 26.8 Å². The van der Waals surface area contributed by atoms with Gasteiger partial charge >= 0.3 is 0 Å². The third-order valence-electron chi connectivity index (χ3n) is 3.98. The average molecular weight is 308 g/mol. The SMILES string of the molecule is Cc1cc(C2CCCN2C(=O)CNC(=O)[C@@H](N)C(C)C)on1. The smallest absolute Gasteiger partial charge is 0.242 e. The molecule has 3 N–H and O–H groups in total. The van der Waals surface area contributed by atoms with Crippen molar-refractivity contribution in [2.45, 2.75) is 45.7 Å². The Hall–Kier alpha value is -1.89. The fourth-order valence-corrected chi connectivity index (χ4v) is 2.59. The molecule has 1 aliphatic rings. The minimum Gasteiger partial charge on any atom is -0.359 e. The van der Waals surface area contributed by atoms with Gasteiger partial charge in [-0.2, -0.15) is 0 Å². The van der Waals surface area contributed by atoms with E-state index in [-0.39, 0.29) is 30.3 Å². The summed E-state index contributed by atoms with van der Waals surface area (Å²) in [5.74, 6) is 0.316. The van der Waals surface area contributed by atoms with Crippen molar-refractivity contribution in [3.63, 3.8) is 0 Å². The van der Waals surface area contributed by atoms with Crippen LogP contribution in [0.1, 0.15) is 44.2 Å². The summed E-state index contributed by atoms with van der Waals surface area (Å²) in [6, 6.07) is 1.16. The number of carbonyl (C=O) groups excluding carboxylic acids is 2. The second-order valence-corrected chi connectivity index (χ2v) is 6.10. The van der Waals surface area contributed by atoms with E-state index in [1.54, 1.807) is 4.90 Å². The lowest BCUT2D eigenvalue weighted by atomic mass is 10.1. The molecule has 0 bridgehead atoms. The molecule has 1 saturated heterocycles. The van der Waals surface area contributed by atoms with Crippen molar-refractivity contribution in [2.75, 3.05) is 13.1 Å². The lowest BCUT2D eigenvalue weighted by Gasteiger charge is -2.23. The maximum Gasteiger partial charge on any atom is 0.242 e. The standard InChI is InChI=1S/C15H24N4O3/c1-9(2)14(16)15(21)17-8-13(20)19-6-4-5-11(19)12-7-10(3)18-22-12/h7,9,11,14H,4-6,8,16H2,1-3H3,(H,17,21)/t11?,14-/m0/s1. The Bertz CT molecular complexity index is 541. The molecule has 7 nitrogen and oxygen atoms in total. The van der Waals surface area contributed by atoms with Crippen LogP contribution in [-0.4, -0.2) is 41.0 Å². The van der Waals surface area contributed by atoms with Crippen LogP contribution in [0.2, 0.25) is 0 Å². The van der Waals surface area contributed by atoms with Crippen molar-refractivity contribution >= 4 is 11.8 Å². The Balaban J connectivity index is 1.93. The van der Waals surface area contributed by atoms with E-state index in [4.69, 9.17) is 10.3 Å². The highest BCUT2D eigenvalue weighted by Crippen LogP contribution is 2.32. The van der Waals surface area contributed by atoms with Crippen LogP contribution >= 0.6 is 0 Å². The molecule has 1 aliphatic heterocycles. The fraction of sp³-hybridized carbons (Fsp3) is 0.667. The molecule has 2 heterocycles. The molecule has 2 amide bonds. The Morgan fingerprint density at radius 3 is 2.86 bits per heavy atom. The highest BCUT2D eigenvalue weighted by Gasteiger charge is 2.32. The number of likely N-dealkylation sites (tertiary alicyclic amines) is 1. The lowest BCUT2D eigenvalue weighted by molar-refractivity contribution is -0.134. The van der Waals surface area contributed by atoms with E-state index in [0.29, 0.717) is 12.3 Å². The number of nitrogens with zero attached hydrogens (tertiary/aromatic N) is 2. The second kappa shape index (κ2) is 6.91. The summed E-state index contributed by atoms with van der Waals surface area (Å²) in [7, 11) is 0. The Kier molecular flexibility index (Phi) is 5.18. The zero-order valence-electron chi connectivity index (χ0n) is 13.3. The molecular formula is C15H24N4O3. The predicted molar refractivity (Wildman–Crippen MR) is 80.8 cm³/mol. The van der Waals surface area contributed by atoms with Crippen LogP contribution in [0.25, 0.3) is 0 Å². The summed E-state index contributed by atoms with van der Waals surface area (Å²) in [5, 5.41) is 6.49. The van der Waals surface area contributed by atoms with E-state index < -0.39 is 6.04 Å². The summed E-state index contributed by atoms with van der Waals surface area (Å²) in [5.41, 5.74) is 6.56. The van der Waals surface area contributed by atoms with Crippen LogP contribution in [0.4, 0.5) is 0 Å². The van der Waals surface area contributed by atoms with E-state index >= 15 is 0 Å². The second-order valence-electron chi connectivity index (χ2n) is 6.10. The summed E-state index contributed by atoms with van der Waals surface area (Å²) < 4.78 is 5.27. The van der Waals surface area contributed by atoms with E-state index in [1.165, 1.54) is 0 Å². The minimum atomic E-state index is -0.598. The maximum atomic E-state index is 12.3. The highest BCUT2D eigenvalue weighted by atomic mass is 16.5. The number of nitrogens with two attached hydrogens (primary N) is 1. The quantitative estimate of drug-likeness (QED) is 0.835. The van der Waals surface area contributed by atoms with Crippen LogP contribution < -0.4 is 11.1 Å². The van der Waals surface area contributed by atoms with Crippen molar-refractivity contribution < 1.29 is 14.1 Å². The Morgan fingerprint density at radius 2 is 2.27 bits per heavy atom. The topological polar surface area (TPSA) is 101 Å². The van der Waals surface area contributed by atoms with Gasteiger partial charge in [0.2, 0.25) is 11.8 Å². The lowest BCUT2D eigenvalue weighted by Crippen LogP contribution is -2.47. The molecule has 7 heteroatoms. The van der Waals surface area contributed by atoms with Crippen molar-refractivity contribution in [3.8, 4) is 0 Å². The summed E-state index contributed by atoms with van der Waals surface area (Å²) in [4.78, 5) is 25.9. The number of nitrogens with one attached hydrogen (secondary N) is 1. The zero-order valence-corrected chi connectivity index (χ0v) is 13.3. The summed E-state index contributed by atoms with van der Waals surface area (Å²) in [6.45, 7) is 6.21. The molecule has 1 unspecified atom stereocenters. The van der Waals surface area contributed by atoms with Crippen LogP contribution in [0.5, 0.6) is 0 Å². The largest absolute Gasteiger partial charge is 0.359 e. The van der Waals surface area contributed by atoms with Gasteiger partial charge in [-0.15, -0.1) is 0 Å². The number of aromatic nitrogens is 1. The Labute approximate surface area is 130 Å². The average Bonchev–Trinajstić information content (AvgIpc) is 3.11. The molecule has 0 aliphatic carbocycles. The van der Waals surface area contributed by atoms with E-state index in [9.17, 15) is 9.59 Å². The van der Waals surface area contributed by atoms with Gasteiger partial charge in [0.15, 0.2) is 5.76 Å². The first-order valence-corrected chi connectivity index (χ1v) is 7.66. The van der Waals surface area contributed by atoms with Crippen molar-refractivity contribution in [2.24, 2.45) is 11.7 Å². The van der Waals surface area contributed by atoms with Crippen LogP contribution in [0.15, 0.2) is 10.6 Å². The van der Waals surface area contributed by atoms with E-state index in [0.717, 1.165) is 18.5 Å². The van der Waals surface area contributed by atoms with Gasteiger partial charge in [-0.05, 0) is 25.7 Å². The molecule has 1 aromatic heterocycles. The number of carbonyl (C=O) groups is 2. The molecule has 22 heavy (non-hydrogen) atoms. The third kappa shape index (κ3) is 3.65. The molecule has 2 rings (SSSR count). The molecule has 1 aromatic rings. The number of hydrogen-bond donors (Lipinski definition) is 2. The summed E-state index contributed by atoms with van der Waals surface area (Å²) >= 11 is 0. The van der Waals surface area contributed by atoms with Crippen LogP contribution in [0, 0.1) is 12.8 Å². The van der Waals surface area contributed by atoms with Crippen molar-refractivity contribution in [3.05, 3.63) is 17.5 Å². The molecule has 1 fully saturated rings. The van der Waals surface area contributed by atoms with Gasteiger partial charge in [0.25, 0.3) is 0 Å². The molecule has 0 aromatic carbocycles. The van der Waals surface area contributed by atoms with Gasteiger partial charge in [0.1, 0.15) is 0 Å². The first kappa shape index (κ1) is 16.5. The van der Waals surface area contributed by atoms with Gasteiger partial charge in [-0.1, -0.05) is 19.0 Å². The zero-order chi connectivity index (χ0) is 16.3. The van der Waals surface area contributed by atoms with Crippen molar-refractivity contribution in [1.82, 2.24) is 15.4 Å². The molecular weight excluding hydrogens is 284 g/mol. The van der Waals surface area contributed by atoms with Gasteiger partial charge in [0, 0.05) is 12.6 Å². The highest BCUT2D eigenvalue weighted by molar-refractivity contribution is 5.87.